The van der Waals surface area contributed by atoms with E-state index < -0.39 is 6.03 Å². The quantitative estimate of drug-likeness (QED) is 0.410. The van der Waals surface area contributed by atoms with Crippen LogP contribution in [0.1, 0.15) is 16.7 Å². The molecule has 3 N–H and O–H groups in total. The van der Waals surface area contributed by atoms with Gasteiger partial charge in [0, 0.05) is 5.69 Å². The normalized spacial score (nSPS) is 10.7. The second-order valence-corrected chi connectivity index (χ2v) is 6.00. The highest BCUT2D eigenvalue weighted by molar-refractivity contribution is 14.1. The summed E-state index contributed by atoms with van der Waals surface area (Å²) in [5, 5.41) is 16.0. The Morgan fingerprint density at radius 1 is 1.18 bits per heavy atom. The first-order valence-corrected chi connectivity index (χ1v) is 7.69. The number of hydrogen-bond donors (Lipinski definition) is 3. The van der Waals surface area contributed by atoms with Crippen LogP contribution in [0.3, 0.4) is 0 Å². The van der Waals surface area contributed by atoms with Crippen LogP contribution in [0.25, 0.3) is 0 Å². The number of nitrogens with one attached hydrogen (secondary N) is 2. The van der Waals surface area contributed by atoms with Gasteiger partial charge in [-0.25, -0.2) is 10.2 Å². The molecule has 0 aliphatic carbocycles. The van der Waals surface area contributed by atoms with Crippen molar-refractivity contribution in [2.24, 2.45) is 5.10 Å². The molecular formula is C16H16IN3O2. The molecule has 0 aromatic heterocycles. The third-order valence-corrected chi connectivity index (χ3v) is 3.98. The number of aromatic hydroxyl groups is 1. The van der Waals surface area contributed by atoms with Crippen molar-refractivity contribution in [3.63, 3.8) is 0 Å². The van der Waals surface area contributed by atoms with E-state index in [1.54, 1.807) is 18.2 Å². The number of phenolic OH excluding ortho intramolecular Hbond substituents is 1. The van der Waals surface area contributed by atoms with Crippen LogP contribution in [0.15, 0.2) is 41.5 Å². The topological polar surface area (TPSA) is 73.7 Å². The Hall–Kier alpha value is -2.09. The van der Waals surface area contributed by atoms with Gasteiger partial charge in [0.1, 0.15) is 5.75 Å². The summed E-state index contributed by atoms with van der Waals surface area (Å²) >= 11 is 2.02. The highest BCUT2D eigenvalue weighted by Gasteiger charge is 2.02. The molecule has 2 aromatic carbocycles. The molecule has 0 aliphatic heterocycles. The number of hydrazone groups is 1. The van der Waals surface area contributed by atoms with Gasteiger partial charge in [0.15, 0.2) is 0 Å². The molecule has 0 heterocycles. The predicted octanol–water partition coefficient (Wildman–Crippen LogP) is 3.77. The van der Waals surface area contributed by atoms with Gasteiger partial charge in [0.2, 0.25) is 0 Å². The second kappa shape index (κ2) is 7.26. The molecule has 2 rings (SSSR count). The molecular weight excluding hydrogens is 393 g/mol. The summed E-state index contributed by atoms with van der Waals surface area (Å²) in [6.45, 7) is 4.01. The summed E-state index contributed by atoms with van der Waals surface area (Å²) in [4.78, 5) is 11.7. The number of halogens is 1. The van der Waals surface area contributed by atoms with E-state index in [4.69, 9.17) is 0 Å². The first kappa shape index (κ1) is 16.3. The predicted molar refractivity (Wildman–Crippen MR) is 96.5 cm³/mol. The van der Waals surface area contributed by atoms with Crippen LogP contribution in [0.5, 0.6) is 5.75 Å². The van der Waals surface area contributed by atoms with E-state index in [0.29, 0.717) is 0 Å². The zero-order chi connectivity index (χ0) is 16.1. The number of nitrogens with zero attached hydrogens (tertiary/aromatic N) is 1. The summed E-state index contributed by atoms with van der Waals surface area (Å²) in [6.07, 6.45) is 1.52. The summed E-state index contributed by atoms with van der Waals surface area (Å²) in [5.41, 5.74) is 6.19. The molecule has 114 valence electrons. The summed E-state index contributed by atoms with van der Waals surface area (Å²) in [6, 6.07) is 10.3. The zero-order valence-corrected chi connectivity index (χ0v) is 14.4. The minimum atomic E-state index is -0.409. The molecule has 0 aliphatic rings. The average molecular weight is 409 g/mol. The Morgan fingerprint density at radius 3 is 2.64 bits per heavy atom. The first-order valence-electron chi connectivity index (χ1n) is 6.61. The van der Waals surface area contributed by atoms with Crippen LogP contribution in [0.2, 0.25) is 0 Å². The van der Waals surface area contributed by atoms with E-state index >= 15 is 0 Å². The fourth-order valence-electron chi connectivity index (χ4n) is 1.75. The highest BCUT2D eigenvalue weighted by atomic mass is 127. The van der Waals surface area contributed by atoms with Crippen molar-refractivity contribution in [1.82, 2.24) is 5.43 Å². The van der Waals surface area contributed by atoms with Crippen molar-refractivity contribution >= 4 is 40.5 Å². The number of urea groups is 1. The number of hydrogen-bond acceptors (Lipinski definition) is 3. The number of phenols is 1. The molecule has 0 bridgehead atoms. The summed E-state index contributed by atoms with van der Waals surface area (Å²) in [5.74, 6) is 0.221. The van der Waals surface area contributed by atoms with Gasteiger partial charge in [0.25, 0.3) is 0 Å². The molecule has 0 saturated carbocycles. The van der Waals surface area contributed by atoms with Crippen LogP contribution >= 0.6 is 22.6 Å². The van der Waals surface area contributed by atoms with E-state index in [2.05, 4.69) is 15.8 Å². The Bertz CT molecular complexity index is 729. The number of rotatable bonds is 3. The second-order valence-electron chi connectivity index (χ2n) is 4.83. The molecule has 0 saturated heterocycles. The molecule has 6 heteroatoms. The zero-order valence-electron chi connectivity index (χ0n) is 12.2. The molecule has 2 aromatic rings. The summed E-state index contributed by atoms with van der Waals surface area (Å²) in [7, 11) is 0. The van der Waals surface area contributed by atoms with Crippen molar-refractivity contribution in [1.29, 1.82) is 0 Å². The fraction of sp³-hybridized carbons (Fsp3) is 0.125. The van der Waals surface area contributed by atoms with E-state index in [9.17, 15) is 9.90 Å². The number of amides is 2. The molecule has 0 spiro atoms. The lowest BCUT2D eigenvalue weighted by Crippen LogP contribution is -2.24. The first-order chi connectivity index (χ1) is 10.5. The molecule has 0 radical (unpaired) electrons. The van der Waals surface area contributed by atoms with Crippen LogP contribution < -0.4 is 10.7 Å². The van der Waals surface area contributed by atoms with Crippen molar-refractivity contribution in [2.75, 3.05) is 5.32 Å². The minimum Gasteiger partial charge on any atom is -0.507 e. The minimum absolute atomic E-state index is 0.221. The number of anilines is 1. The average Bonchev–Trinajstić information content (AvgIpc) is 2.47. The van der Waals surface area contributed by atoms with Gasteiger partial charge in [-0.3, -0.25) is 0 Å². The van der Waals surface area contributed by atoms with E-state index in [0.717, 1.165) is 20.4 Å². The van der Waals surface area contributed by atoms with Crippen molar-refractivity contribution in [3.05, 3.63) is 56.7 Å². The standard InChI is InChI=1S/C16H16IN3O2/c1-10-3-5-13(7-11(10)2)19-16(22)20-18-9-12-4-6-15(21)14(17)8-12/h3-9,21H,1-2H3,(H2,19,20,22)/b18-9+. The maximum Gasteiger partial charge on any atom is 0.339 e. The van der Waals surface area contributed by atoms with Gasteiger partial charge < -0.3 is 10.4 Å². The maximum absolute atomic E-state index is 11.7. The van der Waals surface area contributed by atoms with Crippen molar-refractivity contribution in [3.8, 4) is 5.75 Å². The van der Waals surface area contributed by atoms with E-state index in [-0.39, 0.29) is 5.75 Å². The third-order valence-electron chi connectivity index (χ3n) is 3.12. The lowest BCUT2D eigenvalue weighted by Gasteiger charge is -2.06. The number of carbonyl (C=O) groups excluding carboxylic acids is 1. The van der Waals surface area contributed by atoms with Gasteiger partial charge in [-0.1, -0.05) is 6.07 Å². The fourth-order valence-corrected chi connectivity index (χ4v) is 2.29. The lowest BCUT2D eigenvalue weighted by molar-refractivity contribution is 0.252. The highest BCUT2D eigenvalue weighted by Crippen LogP contribution is 2.19. The summed E-state index contributed by atoms with van der Waals surface area (Å²) < 4.78 is 0.723. The van der Waals surface area contributed by atoms with Gasteiger partial charge in [-0.2, -0.15) is 5.10 Å². The smallest absolute Gasteiger partial charge is 0.339 e. The van der Waals surface area contributed by atoms with Gasteiger partial charge in [-0.05, 0) is 83.5 Å². The van der Waals surface area contributed by atoms with Crippen molar-refractivity contribution < 1.29 is 9.90 Å². The molecule has 22 heavy (non-hydrogen) atoms. The molecule has 0 unspecified atom stereocenters. The van der Waals surface area contributed by atoms with Crippen LogP contribution in [-0.2, 0) is 0 Å². The molecule has 0 atom stereocenters. The Balaban J connectivity index is 1.93. The Kier molecular flexibility index (Phi) is 5.37. The van der Waals surface area contributed by atoms with Gasteiger partial charge >= 0.3 is 6.03 Å². The van der Waals surface area contributed by atoms with Crippen LogP contribution in [-0.4, -0.2) is 17.4 Å². The SMILES string of the molecule is Cc1ccc(NC(=O)N/N=C/c2ccc(O)c(I)c2)cc1C. The van der Waals surface area contributed by atoms with E-state index in [1.165, 1.54) is 11.8 Å². The van der Waals surface area contributed by atoms with Crippen LogP contribution in [0.4, 0.5) is 10.5 Å². The number of carbonyl (C=O) groups is 1. The van der Waals surface area contributed by atoms with Crippen molar-refractivity contribution in [2.45, 2.75) is 13.8 Å². The van der Waals surface area contributed by atoms with Gasteiger partial charge in [-0.15, -0.1) is 0 Å². The number of benzene rings is 2. The van der Waals surface area contributed by atoms with Gasteiger partial charge in [0.05, 0.1) is 9.78 Å². The largest absolute Gasteiger partial charge is 0.507 e. The molecule has 0 fully saturated rings. The monoisotopic (exact) mass is 409 g/mol. The Labute approximate surface area is 142 Å². The van der Waals surface area contributed by atoms with Crippen LogP contribution in [0, 0.1) is 17.4 Å². The number of aryl methyl sites for hydroxylation is 2. The lowest BCUT2D eigenvalue weighted by atomic mass is 10.1. The third kappa shape index (κ3) is 4.45. The maximum atomic E-state index is 11.7. The Morgan fingerprint density at radius 2 is 1.95 bits per heavy atom. The molecule has 2 amide bonds. The van der Waals surface area contributed by atoms with E-state index in [1.807, 2.05) is 54.6 Å². The molecule has 5 nitrogen and oxygen atoms in total.